The Bertz CT molecular complexity index is 1170. The van der Waals surface area contributed by atoms with Gasteiger partial charge in [-0.05, 0) is 17.7 Å². The summed E-state index contributed by atoms with van der Waals surface area (Å²) in [5.41, 5.74) is 1.26. The van der Waals surface area contributed by atoms with Gasteiger partial charge in [-0.2, -0.15) is 5.10 Å². The van der Waals surface area contributed by atoms with E-state index in [1.165, 1.54) is 25.0 Å². The number of aromatic amines is 1. The third kappa shape index (κ3) is 6.57. The summed E-state index contributed by atoms with van der Waals surface area (Å²) in [6.07, 6.45) is -0.00907. The third-order valence-electron chi connectivity index (χ3n) is 4.76. The molecule has 33 heavy (non-hydrogen) atoms. The van der Waals surface area contributed by atoms with Crippen LogP contribution in [0.2, 0.25) is 10.0 Å². The number of aromatic nitrogens is 4. The predicted molar refractivity (Wildman–Crippen MR) is 124 cm³/mol. The molecular formula is C20H24Cl2N6O5. The van der Waals surface area contributed by atoms with Gasteiger partial charge in [-0.15, -0.1) is 0 Å². The number of amides is 1. The topological polar surface area (TPSA) is 135 Å². The summed E-state index contributed by atoms with van der Waals surface area (Å²) < 4.78 is 12.3. The summed E-state index contributed by atoms with van der Waals surface area (Å²) in [5, 5.41) is 17.2. The number of benzene rings is 1. The number of anilines is 1. The number of ether oxygens (including phenoxy) is 2. The molecule has 2 aromatic heterocycles. The first-order valence-corrected chi connectivity index (χ1v) is 10.7. The maximum atomic E-state index is 12.6. The fourth-order valence-corrected chi connectivity index (χ4v) is 3.44. The van der Waals surface area contributed by atoms with Crippen LogP contribution in [0.25, 0.3) is 11.0 Å². The van der Waals surface area contributed by atoms with Gasteiger partial charge in [-0.3, -0.25) is 14.5 Å². The second-order valence-corrected chi connectivity index (χ2v) is 8.04. The maximum absolute atomic E-state index is 12.6. The number of likely N-dealkylation sites (N-methyl/N-ethyl adjacent to an activating group) is 1. The van der Waals surface area contributed by atoms with Crippen LogP contribution in [-0.4, -0.2) is 75.9 Å². The minimum Gasteiger partial charge on any atom is -0.465 e. The van der Waals surface area contributed by atoms with Crippen molar-refractivity contribution in [3.8, 4) is 0 Å². The number of carboxylic acid groups (broad SMARTS) is 1. The number of halogens is 2. The number of rotatable bonds is 11. The zero-order chi connectivity index (χ0) is 24.0. The molecule has 0 bridgehead atoms. The van der Waals surface area contributed by atoms with Crippen molar-refractivity contribution in [3.63, 3.8) is 0 Å². The first kappa shape index (κ1) is 24.8. The van der Waals surface area contributed by atoms with Crippen molar-refractivity contribution in [1.29, 1.82) is 0 Å². The van der Waals surface area contributed by atoms with Crippen LogP contribution in [0, 0.1) is 0 Å². The molecule has 3 N–H and O–H groups in total. The van der Waals surface area contributed by atoms with Crippen molar-refractivity contribution in [2.24, 2.45) is 0 Å². The first-order chi connectivity index (χ1) is 15.8. The van der Waals surface area contributed by atoms with Crippen molar-refractivity contribution in [3.05, 3.63) is 50.4 Å². The Hall–Kier alpha value is -2.86. The number of hydrogen-bond acceptors (Lipinski definition) is 7. The van der Waals surface area contributed by atoms with E-state index in [0.29, 0.717) is 33.6 Å². The summed E-state index contributed by atoms with van der Waals surface area (Å²) in [6, 6.07) is 5.25. The Labute approximate surface area is 199 Å². The molecule has 3 aromatic rings. The molecule has 0 aliphatic carbocycles. The van der Waals surface area contributed by atoms with Crippen molar-refractivity contribution < 1.29 is 19.4 Å². The molecule has 0 spiro atoms. The molecule has 0 fully saturated rings. The summed E-state index contributed by atoms with van der Waals surface area (Å²) >= 11 is 12.0. The molecule has 0 aliphatic heterocycles. The second-order valence-electron chi connectivity index (χ2n) is 7.23. The van der Waals surface area contributed by atoms with E-state index in [4.69, 9.17) is 37.8 Å². The van der Waals surface area contributed by atoms with E-state index in [0.717, 1.165) is 10.5 Å². The average molecular weight is 499 g/mol. The van der Waals surface area contributed by atoms with Gasteiger partial charge < -0.3 is 24.8 Å². The van der Waals surface area contributed by atoms with E-state index in [1.807, 2.05) is 6.07 Å². The van der Waals surface area contributed by atoms with Gasteiger partial charge in [0.05, 0.1) is 48.6 Å². The lowest BCUT2D eigenvalue weighted by atomic mass is 10.2. The molecule has 13 heteroatoms. The Balaban J connectivity index is 1.63. The zero-order valence-corrected chi connectivity index (χ0v) is 19.6. The fourth-order valence-electron chi connectivity index (χ4n) is 3.12. The summed E-state index contributed by atoms with van der Waals surface area (Å²) in [7, 11) is 2.96. The average Bonchev–Trinajstić information content (AvgIpc) is 3.18. The van der Waals surface area contributed by atoms with Crippen LogP contribution in [0.1, 0.15) is 5.56 Å². The van der Waals surface area contributed by atoms with Gasteiger partial charge in [0.1, 0.15) is 5.52 Å². The van der Waals surface area contributed by atoms with Gasteiger partial charge in [-0.1, -0.05) is 29.3 Å². The zero-order valence-electron chi connectivity index (χ0n) is 18.0. The summed E-state index contributed by atoms with van der Waals surface area (Å²) in [5.74, 6) is 0.297. The molecule has 2 heterocycles. The van der Waals surface area contributed by atoms with Crippen molar-refractivity contribution in [1.82, 2.24) is 24.6 Å². The molecular weight excluding hydrogens is 475 g/mol. The van der Waals surface area contributed by atoms with Gasteiger partial charge in [-0.25, -0.2) is 9.78 Å². The molecule has 1 aromatic carbocycles. The minimum absolute atomic E-state index is 0.152. The number of fused-ring (bicyclic) bond motifs is 1. The summed E-state index contributed by atoms with van der Waals surface area (Å²) in [4.78, 5) is 31.9. The lowest BCUT2D eigenvalue weighted by Gasteiger charge is -2.22. The number of nitrogens with zero attached hydrogens (tertiary/aromatic N) is 4. The minimum atomic E-state index is -1.06. The highest BCUT2D eigenvalue weighted by molar-refractivity contribution is 6.42. The SMILES string of the molecule is COCC(CN(C)C(=O)O)OCCn1ncc2nc(NCc3ccc(Cl)c(Cl)c3)[nH]c(=O)c21. The second kappa shape index (κ2) is 11.3. The van der Waals surface area contributed by atoms with Crippen LogP contribution >= 0.6 is 23.2 Å². The van der Waals surface area contributed by atoms with E-state index >= 15 is 0 Å². The molecule has 3 rings (SSSR count). The standard InChI is InChI=1S/C20H24Cl2N6O5/c1-27(20(30)31)10-13(11-32-2)33-6-5-28-17-16(9-24-28)25-19(26-18(17)29)23-8-12-3-4-14(21)15(22)7-12/h3-4,7,9,13H,5-6,8,10-11H2,1-2H3,(H,30,31)(H2,23,25,26,29). The van der Waals surface area contributed by atoms with Crippen molar-refractivity contribution >= 4 is 46.3 Å². The van der Waals surface area contributed by atoms with Gasteiger partial charge in [0, 0.05) is 20.7 Å². The molecule has 0 saturated heterocycles. The predicted octanol–water partition coefficient (Wildman–Crippen LogP) is 2.68. The molecule has 11 nitrogen and oxygen atoms in total. The van der Waals surface area contributed by atoms with Crippen LogP contribution in [0.5, 0.6) is 0 Å². The smallest absolute Gasteiger partial charge is 0.407 e. The third-order valence-corrected chi connectivity index (χ3v) is 5.50. The Morgan fingerprint density at radius 2 is 2.15 bits per heavy atom. The number of hydrogen-bond donors (Lipinski definition) is 3. The van der Waals surface area contributed by atoms with E-state index in [9.17, 15) is 9.59 Å². The Kier molecular flexibility index (Phi) is 8.50. The Morgan fingerprint density at radius 3 is 2.85 bits per heavy atom. The number of methoxy groups -OCH3 is 1. The first-order valence-electron chi connectivity index (χ1n) is 9.96. The number of nitrogens with one attached hydrogen (secondary N) is 2. The van der Waals surface area contributed by atoms with Gasteiger partial charge in [0.2, 0.25) is 5.95 Å². The molecule has 0 saturated carbocycles. The molecule has 1 amide bonds. The monoisotopic (exact) mass is 498 g/mol. The van der Waals surface area contributed by atoms with E-state index in [2.05, 4.69) is 20.4 Å². The van der Waals surface area contributed by atoms with Gasteiger partial charge >= 0.3 is 6.09 Å². The van der Waals surface area contributed by atoms with Gasteiger partial charge in [0.25, 0.3) is 5.56 Å². The molecule has 1 atom stereocenters. The van der Waals surface area contributed by atoms with E-state index in [-0.39, 0.29) is 31.9 Å². The fraction of sp³-hybridized carbons (Fsp3) is 0.400. The van der Waals surface area contributed by atoms with Crippen LogP contribution in [0.4, 0.5) is 10.7 Å². The molecule has 178 valence electrons. The van der Waals surface area contributed by atoms with Crippen LogP contribution < -0.4 is 10.9 Å². The van der Waals surface area contributed by atoms with Crippen LogP contribution in [-0.2, 0) is 22.6 Å². The largest absolute Gasteiger partial charge is 0.465 e. The molecule has 1 unspecified atom stereocenters. The van der Waals surface area contributed by atoms with E-state index < -0.39 is 12.2 Å². The normalized spacial score (nSPS) is 12.1. The van der Waals surface area contributed by atoms with Gasteiger partial charge in [0.15, 0.2) is 5.52 Å². The van der Waals surface area contributed by atoms with Crippen molar-refractivity contribution in [2.45, 2.75) is 19.2 Å². The number of carbonyl (C=O) groups is 1. The molecule has 0 aliphatic rings. The quantitative estimate of drug-likeness (QED) is 0.367. The molecule has 0 radical (unpaired) electrons. The van der Waals surface area contributed by atoms with Crippen LogP contribution in [0.15, 0.2) is 29.2 Å². The lowest BCUT2D eigenvalue weighted by molar-refractivity contribution is -0.0180. The maximum Gasteiger partial charge on any atom is 0.407 e. The number of H-pyrrole nitrogens is 1. The summed E-state index contributed by atoms with van der Waals surface area (Å²) in [6.45, 7) is 1.25. The van der Waals surface area contributed by atoms with E-state index in [1.54, 1.807) is 12.1 Å². The van der Waals surface area contributed by atoms with Crippen molar-refractivity contribution in [2.75, 3.05) is 39.2 Å². The lowest BCUT2D eigenvalue weighted by Crippen LogP contribution is -2.37. The Morgan fingerprint density at radius 1 is 1.36 bits per heavy atom. The highest BCUT2D eigenvalue weighted by atomic mass is 35.5. The highest BCUT2D eigenvalue weighted by Crippen LogP contribution is 2.22. The van der Waals surface area contributed by atoms with Crippen LogP contribution in [0.3, 0.4) is 0 Å². The highest BCUT2D eigenvalue weighted by Gasteiger charge is 2.16.